The second-order valence-corrected chi connectivity index (χ2v) is 4.25. The number of carbonyl (C=O) groups excluding carboxylic acids is 1. The molecule has 5 heteroatoms. The lowest BCUT2D eigenvalue weighted by Gasteiger charge is -2.30. The Labute approximate surface area is 98.2 Å². The highest BCUT2D eigenvalue weighted by molar-refractivity contribution is 5.94. The van der Waals surface area contributed by atoms with Crippen molar-refractivity contribution in [3.63, 3.8) is 0 Å². The topological polar surface area (TPSA) is 46.3 Å². The SMILES string of the molecule is N[C@@H]1CCCN(C(=O)c2cccc(F)c2F)C1. The molecule has 2 N–H and O–H groups in total. The van der Waals surface area contributed by atoms with Crippen LogP contribution in [0.5, 0.6) is 0 Å². The molecule has 0 spiro atoms. The number of carbonyl (C=O) groups is 1. The molecule has 1 aromatic carbocycles. The van der Waals surface area contributed by atoms with Crippen molar-refractivity contribution in [1.29, 1.82) is 0 Å². The summed E-state index contributed by atoms with van der Waals surface area (Å²) in [4.78, 5) is 13.5. The van der Waals surface area contributed by atoms with Gasteiger partial charge in [-0.3, -0.25) is 4.79 Å². The van der Waals surface area contributed by atoms with Crippen LogP contribution in [0.4, 0.5) is 8.78 Å². The lowest BCUT2D eigenvalue weighted by molar-refractivity contribution is 0.0703. The molecule has 92 valence electrons. The summed E-state index contributed by atoms with van der Waals surface area (Å²) in [6, 6.07) is 3.54. The van der Waals surface area contributed by atoms with Gasteiger partial charge in [-0.05, 0) is 25.0 Å². The number of nitrogens with zero attached hydrogens (tertiary/aromatic N) is 1. The Hall–Kier alpha value is -1.49. The van der Waals surface area contributed by atoms with Crippen molar-refractivity contribution < 1.29 is 13.6 Å². The first-order valence-corrected chi connectivity index (χ1v) is 5.58. The van der Waals surface area contributed by atoms with Crippen molar-refractivity contribution in [3.05, 3.63) is 35.4 Å². The van der Waals surface area contributed by atoms with Gasteiger partial charge >= 0.3 is 0 Å². The van der Waals surface area contributed by atoms with Crippen LogP contribution in [0, 0.1) is 11.6 Å². The normalized spacial score (nSPS) is 20.4. The number of benzene rings is 1. The van der Waals surface area contributed by atoms with Gasteiger partial charge in [-0.25, -0.2) is 8.78 Å². The van der Waals surface area contributed by atoms with E-state index in [2.05, 4.69) is 0 Å². The van der Waals surface area contributed by atoms with E-state index < -0.39 is 17.5 Å². The molecule has 0 aromatic heterocycles. The van der Waals surface area contributed by atoms with E-state index in [1.54, 1.807) is 0 Å². The van der Waals surface area contributed by atoms with Crippen LogP contribution in [0.3, 0.4) is 0 Å². The second-order valence-electron chi connectivity index (χ2n) is 4.25. The van der Waals surface area contributed by atoms with E-state index in [0.717, 1.165) is 18.9 Å². The molecule has 0 radical (unpaired) electrons. The van der Waals surface area contributed by atoms with Gasteiger partial charge in [0.15, 0.2) is 11.6 Å². The third kappa shape index (κ3) is 2.44. The fourth-order valence-electron chi connectivity index (χ4n) is 2.03. The van der Waals surface area contributed by atoms with Gasteiger partial charge in [-0.2, -0.15) is 0 Å². The van der Waals surface area contributed by atoms with Gasteiger partial charge < -0.3 is 10.6 Å². The summed E-state index contributed by atoms with van der Waals surface area (Å²) in [5.74, 6) is -2.58. The number of hydrogen-bond donors (Lipinski definition) is 1. The van der Waals surface area contributed by atoms with Crippen LogP contribution in [-0.4, -0.2) is 29.9 Å². The van der Waals surface area contributed by atoms with Crippen molar-refractivity contribution >= 4 is 5.91 Å². The Balaban J connectivity index is 2.22. The molecule has 1 amide bonds. The van der Waals surface area contributed by atoms with Crippen molar-refractivity contribution in [2.45, 2.75) is 18.9 Å². The Morgan fingerprint density at radius 3 is 2.88 bits per heavy atom. The minimum absolute atomic E-state index is 0.0793. The standard InChI is InChI=1S/C12H14F2N2O/c13-10-5-1-4-9(11(10)14)12(17)16-6-2-3-8(15)7-16/h1,4-5,8H,2-3,6-7,15H2/t8-/m1/s1. The highest BCUT2D eigenvalue weighted by Crippen LogP contribution is 2.16. The number of piperidine rings is 1. The Kier molecular flexibility index (Phi) is 3.38. The highest BCUT2D eigenvalue weighted by Gasteiger charge is 2.25. The van der Waals surface area contributed by atoms with Crippen LogP contribution >= 0.6 is 0 Å². The predicted octanol–water partition coefficient (Wildman–Crippen LogP) is 1.53. The van der Waals surface area contributed by atoms with E-state index >= 15 is 0 Å². The number of amides is 1. The minimum atomic E-state index is -1.09. The van der Waals surface area contributed by atoms with Crippen LogP contribution < -0.4 is 5.73 Å². The summed E-state index contributed by atoms with van der Waals surface area (Å²) in [6.45, 7) is 0.942. The molecule has 3 nitrogen and oxygen atoms in total. The van der Waals surface area contributed by atoms with E-state index in [1.165, 1.54) is 17.0 Å². The average Bonchev–Trinajstić information content (AvgIpc) is 2.32. The summed E-state index contributed by atoms with van der Waals surface area (Å²) in [6.07, 6.45) is 1.65. The van der Waals surface area contributed by atoms with Crippen molar-refractivity contribution in [2.75, 3.05) is 13.1 Å². The Morgan fingerprint density at radius 1 is 1.41 bits per heavy atom. The lowest BCUT2D eigenvalue weighted by atomic mass is 10.1. The van der Waals surface area contributed by atoms with E-state index in [4.69, 9.17) is 5.73 Å². The second kappa shape index (κ2) is 4.79. The predicted molar refractivity (Wildman–Crippen MR) is 59.5 cm³/mol. The fraction of sp³-hybridized carbons (Fsp3) is 0.417. The molecule has 0 aliphatic carbocycles. The number of rotatable bonds is 1. The molecule has 0 bridgehead atoms. The lowest BCUT2D eigenvalue weighted by Crippen LogP contribution is -2.45. The summed E-state index contributed by atoms with van der Waals surface area (Å²) >= 11 is 0. The van der Waals surface area contributed by atoms with Crippen molar-refractivity contribution in [1.82, 2.24) is 4.90 Å². The smallest absolute Gasteiger partial charge is 0.256 e. The molecule has 1 atom stereocenters. The van der Waals surface area contributed by atoms with Gasteiger partial charge in [0.1, 0.15) is 0 Å². The van der Waals surface area contributed by atoms with Crippen LogP contribution in [0.1, 0.15) is 23.2 Å². The summed E-state index contributed by atoms with van der Waals surface area (Å²) in [5, 5.41) is 0. The summed E-state index contributed by atoms with van der Waals surface area (Å²) in [5.41, 5.74) is 5.52. The van der Waals surface area contributed by atoms with Crippen LogP contribution in [0.2, 0.25) is 0 Å². The molecular formula is C12H14F2N2O. The summed E-state index contributed by atoms with van der Waals surface area (Å²) in [7, 11) is 0. The monoisotopic (exact) mass is 240 g/mol. The first-order valence-electron chi connectivity index (χ1n) is 5.58. The molecule has 1 fully saturated rings. The zero-order valence-corrected chi connectivity index (χ0v) is 9.33. The Morgan fingerprint density at radius 2 is 2.18 bits per heavy atom. The third-order valence-corrected chi connectivity index (χ3v) is 2.93. The zero-order valence-electron chi connectivity index (χ0n) is 9.33. The van der Waals surface area contributed by atoms with Crippen LogP contribution in [0.25, 0.3) is 0 Å². The van der Waals surface area contributed by atoms with Crippen LogP contribution in [0.15, 0.2) is 18.2 Å². The molecular weight excluding hydrogens is 226 g/mol. The summed E-state index contributed by atoms with van der Waals surface area (Å²) < 4.78 is 26.5. The first-order chi connectivity index (χ1) is 8.09. The van der Waals surface area contributed by atoms with E-state index in [9.17, 15) is 13.6 Å². The van der Waals surface area contributed by atoms with E-state index in [-0.39, 0.29) is 11.6 Å². The first kappa shape index (κ1) is 12.0. The fourth-order valence-corrected chi connectivity index (χ4v) is 2.03. The number of nitrogens with two attached hydrogens (primary N) is 1. The van der Waals surface area contributed by atoms with Gasteiger partial charge in [0.05, 0.1) is 5.56 Å². The molecule has 1 aliphatic rings. The van der Waals surface area contributed by atoms with Crippen molar-refractivity contribution in [2.24, 2.45) is 5.73 Å². The van der Waals surface area contributed by atoms with Gasteiger partial charge in [-0.1, -0.05) is 6.07 Å². The number of likely N-dealkylation sites (tertiary alicyclic amines) is 1. The molecule has 1 aromatic rings. The maximum atomic E-state index is 13.5. The average molecular weight is 240 g/mol. The zero-order chi connectivity index (χ0) is 12.4. The molecule has 1 heterocycles. The molecule has 0 unspecified atom stereocenters. The van der Waals surface area contributed by atoms with Gasteiger partial charge in [-0.15, -0.1) is 0 Å². The molecule has 1 aliphatic heterocycles. The maximum absolute atomic E-state index is 13.5. The third-order valence-electron chi connectivity index (χ3n) is 2.93. The Bertz CT molecular complexity index is 437. The molecule has 1 saturated heterocycles. The van der Waals surface area contributed by atoms with Crippen molar-refractivity contribution in [3.8, 4) is 0 Å². The number of halogens is 2. The molecule has 2 rings (SSSR count). The quantitative estimate of drug-likeness (QED) is 0.809. The minimum Gasteiger partial charge on any atom is -0.337 e. The van der Waals surface area contributed by atoms with E-state index in [0.29, 0.717) is 13.1 Å². The number of hydrogen-bond acceptors (Lipinski definition) is 2. The van der Waals surface area contributed by atoms with Gasteiger partial charge in [0.2, 0.25) is 0 Å². The van der Waals surface area contributed by atoms with Gasteiger partial charge in [0.25, 0.3) is 5.91 Å². The maximum Gasteiger partial charge on any atom is 0.256 e. The highest BCUT2D eigenvalue weighted by atomic mass is 19.2. The molecule has 0 saturated carbocycles. The van der Waals surface area contributed by atoms with Crippen LogP contribution in [-0.2, 0) is 0 Å². The largest absolute Gasteiger partial charge is 0.337 e. The van der Waals surface area contributed by atoms with Gasteiger partial charge in [0, 0.05) is 19.1 Å². The van der Waals surface area contributed by atoms with E-state index in [1.807, 2.05) is 0 Å². The molecule has 17 heavy (non-hydrogen) atoms.